The number of carbonyl (C=O) groups is 1. The van der Waals surface area contributed by atoms with Crippen LogP contribution in [0.5, 0.6) is 0 Å². The van der Waals surface area contributed by atoms with Crippen LogP contribution in [0.25, 0.3) is 11.3 Å². The van der Waals surface area contributed by atoms with Crippen LogP contribution in [0.1, 0.15) is 21.9 Å². The third kappa shape index (κ3) is 2.54. The van der Waals surface area contributed by atoms with Crippen LogP contribution in [-0.4, -0.2) is 39.0 Å². The van der Waals surface area contributed by atoms with Gasteiger partial charge in [0, 0.05) is 17.5 Å². The summed E-state index contributed by atoms with van der Waals surface area (Å²) in [6.07, 6.45) is 2.80. The van der Waals surface area contributed by atoms with Crippen LogP contribution in [0.2, 0.25) is 0 Å². The molecule has 1 spiro atoms. The van der Waals surface area contributed by atoms with E-state index in [1.54, 1.807) is 11.3 Å². The van der Waals surface area contributed by atoms with Crippen LogP contribution in [0, 0.1) is 0 Å². The standard InChI is InChI=1S/C18H17N3O2S2/c22-17(15-2-1-6-25-15)20-5-4-18(11-20)12-21-14(13-3-7-24-10-13)8-19-16(21)9-23-18/h1-3,6-8,10H,4-5,9,11-12H2/t18-/m1/s1. The molecule has 0 saturated carbocycles. The van der Waals surface area contributed by atoms with E-state index in [0.717, 1.165) is 35.9 Å². The van der Waals surface area contributed by atoms with E-state index in [9.17, 15) is 4.79 Å². The Morgan fingerprint density at radius 2 is 2.24 bits per heavy atom. The highest BCUT2D eigenvalue weighted by Crippen LogP contribution is 2.36. The van der Waals surface area contributed by atoms with E-state index in [-0.39, 0.29) is 11.5 Å². The Kier molecular flexibility index (Phi) is 3.55. The third-order valence-corrected chi connectivity index (χ3v) is 6.59. The second kappa shape index (κ2) is 5.79. The molecular formula is C18H17N3O2S2. The molecule has 1 amide bonds. The number of carbonyl (C=O) groups excluding carboxylic acids is 1. The van der Waals surface area contributed by atoms with Crippen molar-refractivity contribution in [2.24, 2.45) is 0 Å². The number of ether oxygens (including phenoxy) is 1. The Morgan fingerprint density at radius 1 is 1.28 bits per heavy atom. The van der Waals surface area contributed by atoms with Crippen LogP contribution in [-0.2, 0) is 17.9 Å². The summed E-state index contributed by atoms with van der Waals surface area (Å²) in [6, 6.07) is 5.94. The van der Waals surface area contributed by atoms with Crippen molar-refractivity contribution in [3.05, 3.63) is 51.2 Å². The average Bonchev–Trinajstić information content (AvgIpc) is 3.41. The lowest BCUT2D eigenvalue weighted by Gasteiger charge is -2.35. The van der Waals surface area contributed by atoms with E-state index >= 15 is 0 Å². The first-order valence-electron chi connectivity index (χ1n) is 8.28. The fourth-order valence-electron chi connectivity index (χ4n) is 3.72. The van der Waals surface area contributed by atoms with Crippen molar-refractivity contribution in [3.63, 3.8) is 0 Å². The van der Waals surface area contributed by atoms with Gasteiger partial charge in [0.05, 0.1) is 29.9 Å². The Bertz CT molecular complexity index is 901. The van der Waals surface area contributed by atoms with E-state index in [1.807, 2.05) is 28.6 Å². The third-order valence-electron chi connectivity index (χ3n) is 5.04. The summed E-state index contributed by atoms with van der Waals surface area (Å²) in [5.41, 5.74) is 2.04. The zero-order valence-electron chi connectivity index (χ0n) is 13.6. The molecule has 2 aliphatic heterocycles. The molecule has 2 aliphatic rings. The van der Waals surface area contributed by atoms with Gasteiger partial charge in [-0.05, 0) is 29.3 Å². The van der Waals surface area contributed by atoms with Crippen LogP contribution in [0.4, 0.5) is 0 Å². The topological polar surface area (TPSA) is 47.4 Å². The first-order chi connectivity index (χ1) is 12.2. The zero-order valence-corrected chi connectivity index (χ0v) is 15.2. The largest absolute Gasteiger partial charge is 0.363 e. The molecule has 3 aromatic heterocycles. The lowest BCUT2D eigenvalue weighted by Crippen LogP contribution is -2.45. The Balaban J connectivity index is 1.40. The maximum absolute atomic E-state index is 12.6. The highest BCUT2D eigenvalue weighted by Gasteiger charge is 2.44. The molecule has 0 N–H and O–H groups in total. The molecule has 3 aromatic rings. The molecule has 7 heteroatoms. The minimum atomic E-state index is -0.300. The van der Waals surface area contributed by atoms with Gasteiger partial charge in [0.2, 0.25) is 0 Å². The number of imidazole rings is 1. The van der Waals surface area contributed by atoms with Gasteiger partial charge in [-0.3, -0.25) is 4.79 Å². The SMILES string of the molecule is O=C(c1cccs1)N1CC[C@@]2(C1)Cn1c(-c3ccsc3)cnc1CO2. The first-order valence-corrected chi connectivity index (χ1v) is 10.1. The number of rotatable bonds is 2. The molecule has 0 radical (unpaired) electrons. The van der Waals surface area contributed by atoms with Gasteiger partial charge < -0.3 is 14.2 Å². The van der Waals surface area contributed by atoms with E-state index < -0.39 is 0 Å². The number of amides is 1. The molecule has 5 nitrogen and oxygen atoms in total. The summed E-state index contributed by atoms with van der Waals surface area (Å²) in [7, 11) is 0. The summed E-state index contributed by atoms with van der Waals surface area (Å²) < 4.78 is 8.48. The fourth-order valence-corrected chi connectivity index (χ4v) is 5.06. The highest BCUT2D eigenvalue weighted by atomic mass is 32.1. The molecule has 0 bridgehead atoms. The smallest absolute Gasteiger partial charge is 0.264 e. The lowest BCUT2D eigenvalue weighted by molar-refractivity contribution is -0.0804. The first kappa shape index (κ1) is 15.3. The monoisotopic (exact) mass is 371 g/mol. The van der Waals surface area contributed by atoms with Gasteiger partial charge in [0.1, 0.15) is 18.0 Å². The molecule has 1 saturated heterocycles. The molecular weight excluding hydrogens is 354 g/mol. The normalized spacial score (nSPS) is 22.5. The van der Waals surface area contributed by atoms with Crippen molar-refractivity contribution in [2.45, 2.75) is 25.2 Å². The number of thiophene rings is 2. The van der Waals surface area contributed by atoms with E-state index in [2.05, 4.69) is 26.4 Å². The summed E-state index contributed by atoms with van der Waals surface area (Å²) in [5, 5.41) is 6.18. The molecule has 25 heavy (non-hydrogen) atoms. The van der Waals surface area contributed by atoms with Gasteiger partial charge in [0.15, 0.2) is 0 Å². The molecule has 128 valence electrons. The Morgan fingerprint density at radius 3 is 3.04 bits per heavy atom. The molecule has 0 aromatic carbocycles. The maximum atomic E-state index is 12.6. The van der Waals surface area contributed by atoms with Crippen molar-refractivity contribution < 1.29 is 9.53 Å². The van der Waals surface area contributed by atoms with E-state index in [4.69, 9.17) is 4.74 Å². The number of aromatic nitrogens is 2. The summed E-state index contributed by atoms with van der Waals surface area (Å²) in [5.74, 6) is 1.08. The minimum absolute atomic E-state index is 0.116. The van der Waals surface area contributed by atoms with Crippen molar-refractivity contribution >= 4 is 28.6 Å². The average molecular weight is 371 g/mol. The van der Waals surface area contributed by atoms with Crippen molar-refractivity contribution in [2.75, 3.05) is 13.1 Å². The highest BCUT2D eigenvalue weighted by molar-refractivity contribution is 7.12. The van der Waals surface area contributed by atoms with Crippen molar-refractivity contribution in [1.82, 2.24) is 14.5 Å². The maximum Gasteiger partial charge on any atom is 0.264 e. The van der Waals surface area contributed by atoms with Gasteiger partial charge in [-0.2, -0.15) is 11.3 Å². The quantitative estimate of drug-likeness (QED) is 0.693. The molecule has 0 aliphatic carbocycles. The number of hydrogen-bond donors (Lipinski definition) is 0. The second-order valence-electron chi connectivity index (χ2n) is 6.58. The van der Waals surface area contributed by atoms with Gasteiger partial charge in [-0.1, -0.05) is 6.07 Å². The van der Waals surface area contributed by atoms with Crippen LogP contribution in [0.15, 0.2) is 40.5 Å². The van der Waals surface area contributed by atoms with Crippen LogP contribution in [0.3, 0.4) is 0 Å². The predicted molar refractivity (Wildman–Crippen MR) is 97.9 cm³/mol. The number of nitrogens with zero attached hydrogens (tertiary/aromatic N) is 3. The van der Waals surface area contributed by atoms with Gasteiger partial charge in [-0.15, -0.1) is 11.3 Å². The van der Waals surface area contributed by atoms with Crippen molar-refractivity contribution in [1.29, 1.82) is 0 Å². The minimum Gasteiger partial charge on any atom is -0.363 e. The molecule has 1 atom stereocenters. The zero-order chi connectivity index (χ0) is 16.9. The lowest BCUT2D eigenvalue weighted by atomic mass is 10.0. The van der Waals surface area contributed by atoms with Gasteiger partial charge in [0.25, 0.3) is 5.91 Å². The van der Waals surface area contributed by atoms with E-state index in [1.165, 1.54) is 16.9 Å². The van der Waals surface area contributed by atoms with Crippen LogP contribution >= 0.6 is 22.7 Å². The number of likely N-dealkylation sites (tertiary alicyclic amines) is 1. The summed E-state index contributed by atoms with van der Waals surface area (Å²) >= 11 is 3.19. The predicted octanol–water partition coefficient (Wildman–Crippen LogP) is 3.49. The molecule has 0 unspecified atom stereocenters. The Labute approximate surface area is 153 Å². The number of fused-ring (bicyclic) bond motifs is 1. The van der Waals surface area contributed by atoms with Crippen molar-refractivity contribution in [3.8, 4) is 11.3 Å². The summed E-state index contributed by atoms with van der Waals surface area (Å²) in [6.45, 7) is 2.64. The molecule has 5 rings (SSSR count). The second-order valence-corrected chi connectivity index (χ2v) is 8.31. The summed E-state index contributed by atoms with van der Waals surface area (Å²) in [4.78, 5) is 19.9. The van der Waals surface area contributed by atoms with E-state index in [0.29, 0.717) is 13.2 Å². The molecule has 1 fully saturated rings. The molecule has 5 heterocycles. The Hall–Kier alpha value is -1.96. The fraction of sp³-hybridized carbons (Fsp3) is 0.333. The van der Waals surface area contributed by atoms with Gasteiger partial charge in [-0.25, -0.2) is 4.98 Å². The van der Waals surface area contributed by atoms with Gasteiger partial charge >= 0.3 is 0 Å². The number of hydrogen-bond acceptors (Lipinski definition) is 5. The van der Waals surface area contributed by atoms with Crippen LogP contribution < -0.4 is 0 Å².